The summed E-state index contributed by atoms with van der Waals surface area (Å²) in [6.45, 7) is 1.66. The van der Waals surface area contributed by atoms with Crippen molar-refractivity contribution in [3.05, 3.63) is 24.5 Å². The van der Waals surface area contributed by atoms with Gasteiger partial charge in [0.15, 0.2) is 5.65 Å². The molecule has 0 saturated carbocycles. The number of hydrogen-bond donors (Lipinski definition) is 2. The van der Waals surface area contributed by atoms with E-state index in [1.54, 1.807) is 29.0 Å². The third-order valence-electron chi connectivity index (χ3n) is 2.97. The van der Waals surface area contributed by atoms with Gasteiger partial charge in [0.1, 0.15) is 5.82 Å². The maximum absolute atomic E-state index is 12.0. The Labute approximate surface area is 98.0 Å². The van der Waals surface area contributed by atoms with E-state index >= 15 is 0 Å². The monoisotopic (exact) mass is 231 g/mol. The molecule has 0 spiro atoms. The zero-order valence-corrected chi connectivity index (χ0v) is 9.26. The van der Waals surface area contributed by atoms with Crippen LogP contribution in [0.4, 0.5) is 5.82 Å². The zero-order chi connectivity index (χ0) is 11.7. The van der Waals surface area contributed by atoms with Gasteiger partial charge >= 0.3 is 0 Å². The number of carbonyl (C=O) groups is 1. The summed E-state index contributed by atoms with van der Waals surface area (Å²) >= 11 is 0. The Morgan fingerprint density at radius 2 is 2.41 bits per heavy atom. The fraction of sp³-hybridized carbons (Fsp3) is 0.364. The Morgan fingerprint density at radius 1 is 1.47 bits per heavy atom. The highest BCUT2D eigenvalue weighted by Gasteiger charge is 2.22. The van der Waals surface area contributed by atoms with Gasteiger partial charge in [-0.1, -0.05) is 0 Å². The first-order valence-electron chi connectivity index (χ1n) is 5.65. The van der Waals surface area contributed by atoms with E-state index in [1.165, 1.54) is 0 Å². The minimum Gasteiger partial charge on any atom is -0.316 e. The molecule has 6 nitrogen and oxygen atoms in total. The second-order valence-electron chi connectivity index (χ2n) is 4.11. The molecule has 0 radical (unpaired) electrons. The molecule has 2 N–H and O–H groups in total. The van der Waals surface area contributed by atoms with Crippen LogP contribution in [0.5, 0.6) is 0 Å². The van der Waals surface area contributed by atoms with E-state index in [2.05, 4.69) is 20.7 Å². The van der Waals surface area contributed by atoms with E-state index in [0.717, 1.165) is 25.2 Å². The van der Waals surface area contributed by atoms with Gasteiger partial charge < -0.3 is 10.6 Å². The quantitative estimate of drug-likeness (QED) is 0.778. The van der Waals surface area contributed by atoms with Crippen molar-refractivity contribution in [3.8, 4) is 0 Å². The molecule has 6 heteroatoms. The number of fused-ring (bicyclic) bond motifs is 1. The number of nitrogens with zero attached hydrogens (tertiary/aromatic N) is 3. The molecule has 3 rings (SSSR count). The number of rotatable bonds is 2. The second-order valence-corrected chi connectivity index (χ2v) is 4.11. The van der Waals surface area contributed by atoms with Gasteiger partial charge in [0.2, 0.25) is 5.91 Å². The van der Waals surface area contributed by atoms with Crippen molar-refractivity contribution in [3.63, 3.8) is 0 Å². The summed E-state index contributed by atoms with van der Waals surface area (Å²) in [5, 5.41) is 10.2. The van der Waals surface area contributed by atoms with Crippen LogP contribution in [0.15, 0.2) is 24.5 Å². The average Bonchev–Trinajstić information content (AvgIpc) is 3.00. The minimum atomic E-state index is 0.0398. The molecule has 1 fully saturated rings. The molecule has 2 aromatic heterocycles. The summed E-state index contributed by atoms with van der Waals surface area (Å²) in [4.78, 5) is 16.1. The fourth-order valence-electron chi connectivity index (χ4n) is 2.04. The third-order valence-corrected chi connectivity index (χ3v) is 2.97. The lowest BCUT2D eigenvalue weighted by atomic mass is 10.1. The van der Waals surface area contributed by atoms with Gasteiger partial charge in [-0.2, -0.15) is 9.61 Å². The molecule has 0 aromatic carbocycles. The molecular formula is C11H13N5O. The standard InChI is InChI=1S/C11H13N5O/c17-11(8-1-4-12-7-8)15-10-2-5-13-9-3-6-14-16(9)10/h2-3,5-6,8,12H,1,4,7H2,(H,15,17). The van der Waals surface area contributed by atoms with E-state index in [-0.39, 0.29) is 11.8 Å². The van der Waals surface area contributed by atoms with E-state index in [0.29, 0.717) is 5.82 Å². The normalized spacial score (nSPS) is 19.6. The van der Waals surface area contributed by atoms with E-state index in [4.69, 9.17) is 0 Å². The van der Waals surface area contributed by atoms with Crippen molar-refractivity contribution in [2.75, 3.05) is 18.4 Å². The van der Waals surface area contributed by atoms with Crippen LogP contribution in [0.3, 0.4) is 0 Å². The highest BCUT2D eigenvalue weighted by Crippen LogP contribution is 2.13. The summed E-state index contributed by atoms with van der Waals surface area (Å²) in [5.41, 5.74) is 0.729. The first-order valence-corrected chi connectivity index (χ1v) is 5.65. The Bertz CT molecular complexity index is 544. The van der Waals surface area contributed by atoms with Crippen LogP contribution in [0.1, 0.15) is 6.42 Å². The van der Waals surface area contributed by atoms with E-state index < -0.39 is 0 Å². The summed E-state index contributed by atoms with van der Waals surface area (Å²) < 4.78 is 1.63. The van der Waals surface area contributed by atoms with Crippen LogP contribution in [0.2, 0.25) is 0 Å². The Kier molecular flexibility index (Phi) is 2.49. The van der Waals surface area contributed by atoms with Crippen molar-refractivity contribution >= 4 is 17.4 Å². The molecule has 1 unspecified atom stereocenters. The van der Waals surface area contributed by atoms with Crippen molar-refractivity contribution in [1.82, 2.24) is 19.9 Å². The van der Waals surface area contributed by atoms with E-state index in [1.807, 2.05) is 0 Å². The van der Waals surface area contributed by atoms with Gasteiger partial charge in [-0.05, 0) is 19.0 Å². The van der Waals surface area contributed by atoms with Crippen LogP contribution in [0.25, 0.3) is 5.65 Å². The molecule has 17 heavy (non-hydrogen) atoms. The summed E-state index contributed by atoms with van der Waals surface area (Å²) in [6.07, 6.45) is 4.22. The molecule has 2 aromatic rings. The summed E-state index contributed by atoms with van der Waals surface area (Å²) in [7, 11) is 0. The zero-order valence-electron chi connectivity index (χ0n) is 9.26. The third kappa shape index (κ3) is 1.87. The molecule has 1 atom stereocenters. The minimum absolute atomic E-state index is 0.0398. The van der Waals surface area contributed by atoms with Crippen molar-refractivity contribution in [1.29, 1.82) is 0 Å². The topological polar surface area (TPSA) is 71.3 Å². The number of nitrogens with one attached hydrogen (secondary N) is 2. The summed E-state index contributed by atoms with van der Waals surface area (Å²) in [6, 6.07) is 3.55. The predicted molar refractivity (Wildman–Crippen MR) is 62.6 cm³/mol. The van der Waals surface area contributed by atoms with Gasteiger partial charge in [0.05, 0.1) is 12.1 Å². The van der Waals surface area contributed by atoms with Gasteiger partial charge in [-0.3, -0.25) is 4.79 Å². The molecule has 1 aliphatic rings. The molecular weight excluding hydrogens is 218 g/mol. The van der Waals surface area contributed by atoms with Crippen LogP contribution in [-0.4, -0.2) is 33.6 Å². The van der Waals surface area contributed by atoms with Crippen molar-refractivity contribution in [2.45, 2.75) is 6.42 Å². The average molecular weight is 231 g/mol. The lowest BCUT2D eigenvalue weighted by Gasteiger charge is -2.10. The number of amides is 1. The summed E-state index contributed by atoms with van der Waals surface area (Å²) in [5.74, 6) is 0.753. The first kappa shape index (κ1) is 10.2. The van der Waals surface area contributed by atoms with E-state index in [9.17, 15) is 4.79 Å². The van der Waals surface area contributed by atoms with Crippen LogP contribution >= 0.6 is 0 Å². The molecule has 0 aliphatic carbocycles. The highest BCUT2D eigenvalue weighted by molar-refractivity contribution is 5.92. The maximum atomic E-state index is 12.0. The van der Waals surface area contributed by atoms with Crippen LogP contribution in [0, 0.1) is 5.92 Å². The predicted octanol–water partition coefficient (Wildman–Crippen LogP) is 0.277. The van der Waals surface area contributed by atoms with Crippen LogP contribution < -0.4 is 10.6 Å². The Morgan fingerprint density at radius 3 is 3.24 bits per heavy atom. The lowest BCUT2D eigenvalue weighted by molar-refractivity contribution is -0.119. The number of anilines is 1. The molecule has 0 bridgehead atoms. The number of aromatic nitrogens is 3. The molecule has 1 saturated heterocycles. The molecule has 88 valence electrons. The SMILES string of the molecule is O=C(Nc1ccnc2ccnn12)C1CCNC1. The van der Waals surface area contributed by atoms with Gasteiger partial charge in [0, 0.05) is 18.8 Å². The highest BCUT2D eigenvalue weighted by atomic mass is 16.2. The van der Waals surface area contributed by atoms with Gasteiger partial charge in [0.25, 0.3) is 0 Å². The number of hydrogen-bond acceptors (Lipinski definition) is 4. The smallest absolute Gasteiger partial charge is 0.229 e. The fourth-order valence-corrected chi connectivity index (χ4v) is 2.04. The Balaban J connectivity index is 1.84. The lowest BCUT2D eigenvalue weighted by Crippen LogP contribution is -2.25. The second kappa shape index (κ2) is 4.14. The van der Waals surface area contributed by atoms with Gasteiger partial charge in [-0.15, -0.1) is 0 Å². The first-order chi connectivity index (χ1) is 8.34. The maximum Gasteiger partial charge on any atom is 0.229 e. The largest absolute Gasteiger partial charge is 0.316 e. The molecule has 1 aliphatic heterocycles. The molecule has 1 amide bonds. The van der Waals surface area contributed by atoms with Crippen molar-refractivity contribution < 1.29 is 4.79 Å². The Hall–Kier alpha value is -1.95. The van der Waals surface area contributed by atoms with Crippen molar-refractivity contribution in [2.24, 2.45) is 5.92 Å². The van der Waals surface area contributed by atoms with Crippen LogP contribution in [-0.2, 0) is 4.79 Å². The van der Waals surface area contributed by atoms with Gasteiger partial charge in [-0.25, -0.2) is 4.98 Å². The number of carbonyl (C=O) groups excluding carboxylic acids is 1. The molecule has 3 heterocycles.